The molecule has 2 N–H and O–H groups in total. The van der Waals surface area contributed by atoms with E-state index in [0.29, 0.717) is 22.3 Å². The number of amides is 2. The maximum atomic E-state index is 12.7. The van der Waals surface area contributed by atoms with Gasteiger partial charge in [-0.15, -0.1) is 0 Å². The highest BCUT2D eigenvalue weighted by Gasteiger charge is 2.37. The lowest BCUT2D eigenvalue weighted by atomic mass is 9.93. The molecule has 0 aromatic heterocycles. The first kappa shape index (κ1) is 16.5. The van der Waals surface area contributed by atoms with Crippen LogP contribution in [0, 0.1) is 5.92 Å². The largest absolute Gasteiger partial charge is 0.326 e. The first-order valence-electron chi connectivity index (χ1n) is 7.97. The van der Waals surface area contributed by atoms with Crippen LogP contribution in [-0.4, -0.2) is 11.8 Å². The Morgan fingerprint density at radius 3 is 2.00 bits per heavy atom. The number of carbonyl (C=O) groups is 2. The molecule has 2 amide bonds. The van der Waals surface area contributed by atoms with Gasteiger partial charge in [-0.25, -0.2) is 0 Å². The zero-order valence-corrected chi connectivity index (χ0v) is 14.1. The van der Waals surface area contributed by atoms with Crippen LogP contribution in [0.5, 0.6) is 0 Å². The van der Waals surface area contributed by atoms with Gasteiger partial charge in [0.15, 0.2) is 0 Å². The summed E-state index contributed by atoms with van der Waals surface area (Å²) < 4.78 is 0. The molecule has 0 bridgehead atoms. The minimum absolute atomic E-state index is 0.00732. The first-order valence-corrected chi connectivity index (χ1v) is 8.35. The fourth-order valence-corrected chi connectivity index (χ4v) is 2.92. The normalized spacial score (nSPS) is 14.8. The van der Waals surface area contributed by atoms with Gasteiger partial charge < -0.3 is 10.6 Å². The van der Waals surface area contributed by atoms with E-state index in [1.54, 1.807) is 24.3 Å². The molecule has 1 aliphatic carbocycles. The van der Waals surface area contributed by atoms with Crippen molar-refractivity contribution in [2.75, 3.05) is 10.6 Å². The zero-order valence-electron chi connectivity index (χ0n) is 13.4. The van der Waals surface area contributed by atoms with Crippen molar-refractivity contribution in [1.29, 1.82) is 0 Å². The quantitative estimate of drug-likeness (QED) is 0.844. The monoisotopic (exact) mass is 342 g/mol. The zero-order chi connectivity index (χ0) is 17.1. The molecule has 0 radical (unpaired) electrons. The molecule has 1 atom stereocenters. The first-order chi connectivity index (χ1) is 11.5. The Balaban J connectivity index is 1.72. The van der Waals surface area contributed by atoms with Gasteiger partial charge >= 0.3 is 0 Å². The second kappa shape index (κ2) is 7.05. The Morgan fingerprint density at radius 2 is 1.50 bits per heavy atom. The molecule has 0 heterocycles. The molecule has 4 nitrogen and oxygen atoms in total. The fourth-order valence-electron chi connectivity index (χ4n) is 2.80. The minimum atomic E-state index is -0.155. The van der Waals surface area contributed by atoms with Gasteiger partial charge in [-0.1, -0.05) is 23.7 Å². The van der Waals surface area contributed by atoms with Crippen LogP contribution in [0.2, 0.25) is 5.02 Å². The van der Waals surface area contributed by atoms with Crippen molar-refractivity contribution >= 4 is 34.8 Å². The van der Waals surface area contributed by atoms with Crippen molar-refractivity contribution in [3.8, 4) is 0 Å². The lowest BCUT2D eigenvalue weighted by Gasteiger charge is -2.17. The highest BCUT2D eigenvalue weighted by molar-refractivity contribution is 6.30. The molecule has 0 saturated heterocycles. The predicted octanol–water partition coefficient (Wildman–Crippen LogP) is 4.43. The summed E-state index contributed by atoms with van der Waals surface area (Å²) in [6, 6.07) is 14.6. The topological polar surface area (TPSA) is 58.2 Å². The van der Waals surface area contributed by atoms with Gasteiger partial charge in [-0.2, -0.15) is 0 Å². The van der Waals surface area contributed by atoms with Gasteiger partial charge in [-0.05, 0) is 60.7 Å². The number of rotatable bonds is 5. The molecule has 24 heavy (non-hydrogen) atoms. The average molecular weight is 343 g/mol. The second-order valence-corrected chi connectivity index (χ2v) is 6.55. The molecule has 2 aromatic carbocycles. The molecule has 0 spiro atoms. The van der Waals surface area contributed by atoms with E-state index in [2.05, 4.69) is 10.6 Å². The molecule has 5 heteroatoms. The summed E-state index contributed by atoms with van der Waals surface area (Å²) in [6.45, 7) is 1.46. The molecule has 1 fully saturated rings. The number of halogens is 1. The second-order valence-electron chi connectivity index (χ2n) is 6.11. The van der Waals surface area contributed by atoms with Gasteiger partial charge in [-0.3, -0.25) is 9.59 Å². The highest BCUT2D eigenvalue weighted by Crippen LogP contribution is 2.43. The predicted molar refractivity (Wildman–Crippen MR) is 96.3 cm³/mol. The minimum Gasteiger partial charge on any atom is -0.326 e. The van der Waals surface area contributed by atoms with Crippen molar-refractivity contribution in [1.82, 2.24) is 0 Å². The molecule has 1 aliphatic rings. The van der Waals surface area contributed by atoms with Gasteiger partial charge in [0.2, 0.25) is 11.8 Å². The van der Waals surface area contributed by atoms with E-state index in [1.807, 2.05) is 24.3 Å². The van der Waals surface area contributed by atoms with Crippen LogP contribution in [0.15, 0.2) is 48.5 Å². The third kappa shape index (κ3) is 4.15. The summed E-state index contributed by atoms with van der Waals surface area (Å²) in [6.07, 6.45) is 2.14. The third-order valence-corrected chi connectivity index (χ3v) is 4.33. The van der Waals surface area contributed by atoms with Crippen molar-refractivity contribution < 1.29 is 9.59 Å². The fraction of sp³-hybridized carbons (Fsp3) is 0.263. The lowest BCUT2D eigenvalue weighted by Crippen LogP contribution is -2.22. The van der Waals surface area contributed by atoms with Gasteiger partial charge in [0.1, 0.15) is 0 Å². The SMILES string of the molecule is CC(=O)Nc1ccc(NC(=O)C(c2ccc(Cl)cc2)C2CC2)cc1. The Hall–Kier alpha value is -2.33. The van der Waals surface area contributed by atoms with Crippen LogP contribution in [-0.2, 0) is 9.59 Å². The van der Waals surface area contributed by atoms with Crippen LogP contribution in [0.1, 0.15) is 31.2 Å². The van der Waals surface area contributed by atoms with Crippen molar-refractivity contribution in [3.05, 3.63) is 59.1 Å². The summed E-state index contributed by atoms with van der Waals surface area (Å²) in [4.78, 5) is 23.8. The molecule has 124 valence electrons. The van der Waals surface area contributed by atoms with Gasteiger partial charge in [0.25, 0.3) is 0 Å². The van der Waals surface area contributed by atoms with Crippen LogP contribution in [0.3, 0.4) is 0 Å². The van der Waals surface area contributed by atoms with E-state index < -0.39 is 0 Å². The number of benzene rings is 2. The molecule has 2 aromatic rings. The van der Waals surface area contributed by atoms with Crippen LogP contribution in [0.4, 0.5) is 11.4 Å². The van der Waals surface area contributed by atoms with Crippen LogP contribution < -0.4 is 10.6 Å². The highest BCUT2D eigenvalue weighted by atomic mass is 35.5. The Labute approximate surface area is 146 Å². The molecule has 0 aliphatic heterocycles. The maximum Gasteiger partial charge on any atom is 0.232 e. The number of anilines is 2. The number of carbonyl (C=O) groups excluding carboxylic acids is 2. The number of nitrogens with one attached hydrogen (secondary N) is 2. The maximum absolute atomic E-state index is 12.7. The summed E-state index contributed by atoms with van der Waals surface area (Å²) in [7, 11) is 0. The molecule has 3 rings (SSSR count). The van der Waals surface area contributed by atoms with Crippen molar-refractivity contribution in [2.45, 2.75) is 25.7 Å². The van der Waals surface area contributed by atoms with Crippen LogP contribution in [0.25, 0.3) is 0 Å². The van der Waals surface area contributed by atoms with E-state index in [0.717, 1.165) is 18.4 Å². The Bertz CT molecular complexity index is 737. The van der Waals surface area contributed by atoms with E-state index in [-0.39, 0.29) is 17.7 Å². The average Bonchev–Trinajstić information content (AvgIpc) is 3.36. The number of hydrogen-bond donors (Lipinski definition) is 2. The molecule has 1 saturated carbocycles. The Morgan fingerprint density at radius 1 is 0.958 bits per heavy atom. The third-order valence-electron chi connectivity index (χ3n) is 4.08. The summed E-state index contributed by atoms with van der Waals surface area (Å²) >= 11 is 5.94. The molecular formula is C19H19ClN2O2. The van der Waals surface area contributed by atoms with Crippen molar-refractivity contribution in [3.63, 3.8) is 0 Å². The van der Waals surface area contributed by atoms with E-state index in [4.69, 9.17) is 11.6 Å². The van der Waals surface area contributed by atoms with E-state index in [1.165, 1.54) is 6.92 Å². The lowest BCUT2D eigenvalue weighted by molar-refractivity contribution is -0.118. The standard InChI is InChI=1S/C19H19ClN2O2/c1-12(23)21-16-8-10-17(11-9-16)22-19(24)18(13-2-3-13)14-4-6-15(20)7-5-14/h4-11,13,18H,2-3H2,1H3,(H,21,23)(H,22,24). The van der Waals surface area contributed by atoms with Gasteiger partial charge in [0.05, 0.1) is 5.92 Å². The molecule has 1 unspecified atom stereocenters. The number of hydrogen-bond acceptors (Lipinski definition) is 2. The molecular weight excluding hydrogens is 324 g/mol. The van der Waals surface area contributed by atoms with Gasteiger partial charge in [0, 0.05) is 23.3 Å². The van der Waals surface area contributed by atoms with E-state index >= 15 is 0 Å². The summed E-state index contributed by atoms with van der Waals surface area (Å²) in [5.41, 5.74) is 2.42. The summed E-state index contributed by atoms with van der Waals surface area (Å²) in [5.74, 6) is 0.109. The van der Waals surface area contributed by atoms with E-state index in [9.17, 15) is 9.59 Å². The Kier molecular flexibility index (Phi) is 4.86. The summed E-state index contributed by atoms with van der Waals surface area (Å²) in [5, 5.41) is 6.34. The smallest absolute Gasteiger partial charge is 0.232 e. The van der Waals surface area contributed by atoms with Crippen molar-refractivity contribution in [2.24, 2.45) is 5.92 Å². The van der Waals surface area contributed by atoms with Crippen LogP contribution >= 0.6 is 11.6 Å².